The minimum atomic E-state index is -0.523. The van der Waals surface area contributed by atoms with Crippen molar-refractivity contribution in [1.29, 1.82) is 0 Å². The highest BCUT2D eigenvalue weighted by molar-refractivity contribution is 5.93. The Kier molecular flexibility index (Phi) is 12.0. The van der Waals surface area contributed by atoms with Gasteiger partial charge in [0.15, 0.2) is 0 Å². The Morgan fingerprint density at radius 1 is 0.510 bits per heavy atom. The van der Waals surface area contributed by atoms with Gasteiger partial charge in [0.2, 0.25) is 0 Å². The first-order chi connectivity index (χ1) is 25.1. The normalized spacial score (nSPS) is 10.8. The lowest BCUT2D eigenvalue weighted by atomic mass is 10.0. The molecular weight excluding hydrogens is 636 g/mol. The van der Waals surface area contributed by atoms with Gasteiger partial charge in [-0.1, -0.05) is 87.6 Å². The zero-order valence-corrected chi connectivity index (χ0v) is 28.7. The van der Waals surface area contributed by atoms with Crippen molar-refractivity contribution in [2.45, 2.75) is 45.4 Å². The van der Waals surface area contributed by atoms with Gasteiger partial charge in [0, 0.05) is 11.8 Å². The molecule has 0 aliphatic heterocycles. The Bertz CT molecular complexity index is 1950. The van der Waals surface area contributed by atoms with Crippen molar-refractivity contribution in [3.63, 3.8) is 0 Å². The number of unbranched alkanes of at least 4 members (excludes halogenated alkanes) is 5. The first kappa shape index (κ1) is 34.8. The molecule has 2 aromatic heterocycles. The number of hydrogen-bond donors (Lipinski definition) is 0. The number of nitrogens with zero attached hydrogens (tertiary/aromatic N) is 2. The largest absolute Gasteiger partial charge is 0.494 e. The van der Waals surface area contributed by atoms with E-state index in [-0.39, 0.29) is 0 Å². The highest BCUT2D eigenvalue weighted by Crippen LogP contribution is 2.31. The van der Waals surface area contributed by atoms with E-state index in [4.69, 9.17) is 19.2 Å². The summed E-state index contributed by atoms with van der Waals surface area (Å²) in [4.78, 5) is 35.1. The first-order valence-corrected chi connectivity index (χ1v) is 17.4. The summed E-state index contributed by atoms with van der Waals surface area (Å²) >= 11 is 0. The van der Waals surface area contributed by atoms with Crippen LogP contribution in [0.15, 0.2) is 140 Å². The molecule has 0 unspecified atom stereocenters. The summed E-state index contributed by atoms with van der Waals surface area (Å²) in [7, 11) is 0. The van der Waals surface area contributed by atoms with E-state index < -0.39 is 11.9 Å². The number of aromatic nitrogens is 2. The number of hydrogen-bond acceptors (Lipinski definition) is 7. The molecule has 0 spiro atoms. The van der Waals surface area contributed by atoms with Crippen molar-refractivity contribution >= 4 is 11.9 Å². The summed E-state index contributed by atoms with van der Waals surface area (Å²) < 4.78 is 17.0. The van der Waals surface area contributed by atoms with Gasteiger partial charge in [0.25, 0.3) is 0 Å². The maximum atomic E-state index is 13.0. The van der Waals surface area contributed by atoms with Crippen LogP contribution in [0.5, 0.6) is 17.2 Å². The van der Waals surface area contributed by atoms with Crippen molar-refractivity contribution in [3.8, 4) is 51.0 Å². The third kappa shape index (κ3) is 9.76. The van der Waals surface area contributed by atoms with Crippen LogP contribution in [0, 0.1) is 0 Å². The number of esters is 2. The molecule has 4 aromatic carbocycles. The quantitative estimate of drug-likeness (QED) is 0.0607. The summed E-state index contributed by atoms with van der Waals surface area (Å²) in [6.07, 6.45) is 8.96. The lowest BCUT2D eigenvalue weighted by molar-refractivity contribution is 0.0730. The average molecular weight is 677 g/mol. The molecular formula is C44H40N2O5. The van der Waals surface area contributed by atoms with Gasteiger partial charge in [-0.15, -0.1) is 0 Å². The first-order valence-electron chi connectivity index (χ1n) is 17.4. The minimum absolute atomic E-state index is 0.321. The molecule has 0 radical (unpaired) electrons. The van der Waals surface area contributed by atoms with E-state index in [9.17, 15) is 9.59 Å². The minimum Gasteiger partial charge on any atom is -0.494 e. The number of pyridine rings is 2. The van der Waals surface area contributed by atoms with Crippen molar-refractivity contribution in [1.82, 2.24) is 9.97 Å². The fourth-order valence-electron chi connectivity index (χ4n) is 5.57. The van der Waals surface area contributed by atoms with Crippen LogP contribution in [0.25, 0.3) is 33.8 Å². The van der Waals surface area contributed by atoms with Crippen molar-refractivity contribution in [2.75, 3.05) is 6.61 Å². The molecule has 7 heteroatoms. The molecule has 0 saturated heterocycles. The maximum absolute atomic E-state index is 13.0. The maximum Gasteiger partial charge on any atom is 0.343 e. The van der Waals surface area contributed by atoms with Gasteiger partial charge < -0.3 is 14.2 Å². The molecule has 0 aliphatic rings. The second kappa shape index (κ2) is 17.5. The molecule has 6 rings (SSSR count). The standard InChI is InChI=1S/C44H40N2O5/c1-2-3-4-5-6-12-29-49-37-22-18-34(19-23-37)43(47)51-39-26-20-35(21-27-39)44(48)50-38-24-16-32(17-25-38)36-30-41(33-13-8-7-9-14-33)46-42(31-36)40-15-10-11-28-45-40/h7-11,13-28,30-31H,2-6,12,29H2,1H3. The smallest absolute Gasteiger partial charge is 0.343 e. The van der Waals surface area contributed by atoms with Crippen LogP contribution in [0.4, 0.5) is 0 Å². The number of carbonyl (C=O) groups excluding carboxylic acids is 2. The lowest BCUT2D eigenvalue weighted by Gasteiger charge is -2.11. The van der Waals surface area contributed by atoms with Gasteiger partial charge >= 0.3 is 11.9 Å². The predicted molar refractivity (Wildman–Crippen MR) is 200 cm³/mol. The van der Waals surface area contributed by atoms with Crippen molar-refractivity contribution in [2.24, 2.45) is 0 Å². The van der Waals surface area contributed by atoms with Gasteiger partial charge in [0.1, 0.15) is 17.2 Å². The van der Waals surface area contributed by atoms with Crippen LogP contribution in [0.1, 0.15) is 66.2 Å². The summed E-state index contributed by atoms with van der Waals surface area (Å²) in [6.45, 7) is 2.87. The highest BCUT2D eigenvalue weighted by Gasteiger charge is 2.14. The SMILES string of the molecule is CCCCCCCCOc1ccc(C(=O)Oc2ccc(C(=O)Oc3ccc(-c4cc(-c5ccccc5)nc(-c5ccccn5)c4)cc3)cc2)cc1. The van der Waals surface area contributed by atoms with E-state index in [2.05, 4.69) is 11.9 Å². The molecule has 0 fully saturated rings. The molecule has 0 atom stereocenters. The van der Waals surface area contributed by atoms with Gasteiger partial charge in [0.05, 0.1) is 34.8 Å². The Morgan fingerprint density at radius 3 is 1.71 bits per heavy atom. The number of benzene rings is 4. The topological polar surface area (TPSA) is 87.6 Å². The summed E-state index contributed by atoms with van der Waals surface area (Å²) in [5.74, 6) is 0.430. The fourth-order valence-corrected chi connectivity index (χ4v) is 5.57. The molecule has 2 heterocycles. The third-order valence-corrected chi connectivity index (χ3v) is 8.38. The Balaban J connectivity index is 1.04. The number of rotatable bonds is 15. The molecule has 0 aliphatic carbocycles. The summed E-state index contributed by atoms with van der Waals surface area (Å²) in [5.41, 5.74) is 6.01. The number of carbonyl (C=O) groups is 2. The summed E-state index contributed by atoms with van der Waals surface area (Å²) in [5, 5.41) is 0. The van der Waals surface area contributed by atoms with Crippen LogP contribution in [0.2, 0.25) is 0 Å². The predicted octanol–water partition coefficient (Wildman–Crippen LogP) is 10.7. The van der Waals surface area contributed by atoms with Crippen LogP contribution in [-0.2, 0) is 0 Å². The highest BCUT2D eigenvalue weighted by atomic mass is 16.5. The van der Waals surface area contributed by atoms with Gasteiger partial charge in [-0.3, -0.25) is 4.98 Å². The van der Waals surface area contributed by atoms with Gasteiger partial charge in [-0.2, -0.15) is 0 Å². The fraction of sp³-hybridized carbons (Fsp3) is 0.182. The lowest BCUT2D eigenvalue weighted by Crippen LogP contribution is -2.10. The Morgan fingerprint density at radius 2 is 1.08 bits per heavy atom. The van der Waals surface area contributed by atoms with Crippen LogP contribution >= 0.6 is 0 Å². The molecule has 256 valence electrons. The van der Waals surface area contributed by atoms with E-state index >= 15 is 0 Å². The second-order valence-corrected chi connectivity index (χ2v) is 12.2. The molecule has 6 aromatic rings. The van der Waals surface area contributed by atoms with E-state index in [0.29, 0.717) is 29.2 Å². The van der Waals surface area contributed by atoms with E-state index in [1.807, 2.05) is 72.8 Å². The second-order valence-electron chi connectivity index (χ2n) is 12.2. The molecule has 0 N–H and O–H groups in total. The molecule has 0 saturated carbocycles. The van der Waals surface area contributed by atoms with Gasteiger partial charge in [-0.25, -0.2) is 14.6 Å². The molecule has 7 nitrogen and oxygen atoms in total. The number of ether oxygens (including phenoxy) is 3. The van der Waals surface area contributed by atoms with E-state index in [1.165, 1.54) is 25.7 Å². The van der Waals surface area contributed by atoms with Crippen molar-refractivity contribution in [3.05, 3.63) is 151 Å². The van der Waals surface area contributed by atoms with Crippen LogP contribution in [-0.4, -0.2) is 28.5 Å². The Hall–Kier alpha value is -6.08. The van der Waals surface area contributed by atoms with E-state index in [1.54, 1.807) is 66.9 Å². The monoisotopic (exact) mass is 676 g/mol. The zero-order valence-electron chi connectivity index (χ0n) is 28.7. The van der Waals surface area contributed by atoms with Crippen LogP contribution < -0.4 is 14.2 Å². The third-order valence-electron chi connectivity index (χ3n) is 8.38. The average Bonchev–Trinajstić information content (AvgIpc) is 3.19. The zero-order chi connectivity index (χ0) is 35.3. The van der Waals surface area contributed by atoms with Crippen molar-refractivity contribution < 1.29 is 23.8 Å². The van der Waals surface area contributed by atoms with Crippen LogP contribution in [0.3, 0.4) is 0 Å². The molecule has 0 bridgehead atoms. The molecule has 51 heavy (non-hydrogen) atoms. The summed E-state index contributed by atoms with van der Waals surface area (Å²) in [6, 6.07) is 40.4. The Labute approximate surface area is 298 Å². The molecule has 0 amide bonds. The van der Waals surface area contributed by atoms with Gasteiger partial charge in [-0.05, 0) is 102 Å². The van der Waals surface area contributed by atoms with E-state index in [0.717, 1.165) is 52.4 Å².